The lowest BCUT2D eigenvalue weighted by Crippen LogP contribution is -2.07. The van der Waals surface area contributed by atoms with Gasteiger partial charge in [-0.05, 0) is 49.4 Å². The van der Waals surface area contributed by atoms with E-state index in [2.05, 4.69) is 5.32 Å². The van der Waals surface area contributed by atoms with E-state index in [1.165, 1.54) is 18.2 Å². The first-order chi connectivity index (χ1) is 10.1. The van der Waals surface area contributed by atoms with Crippen LogP contribution in [0.5, 0.6) is 11.5 Å². The summed E-state index contributed by atoms with van der Waals surface area (Å²) in [7, 11) is 0. The number of rotatable bonds is 5. The summed E-state index contributed by atoms with van der Waals surface area (Å²) in [6.07, 6.45) is 0. The Labute approximate surface area is 122 Å². The zero-order valence-corrected chi connectivity index (χ0v) is 11.5. The third-order valence-electron chi connectivity index (χ3n) is 3.00. The molecule has 108 valence electrons. The lowest BCUT2D eigenvalue weighted by Gasteiger charge is -2.17. The molecule has 2 rings (SSSR count). The van der Waals surface area contributed by atoms with Crippen molar-refractivity contribution in [3.05, 3.63) is 53.8 Å². The summed E-state index contributed by atoms with van der Waals surface area (Å²) in [6.45, 7) is 1.83. The largest absolute Gasteiger partial charge is 0.508 e. The van der Waals surface area contributed by atoms with Gasteiger partial charge in [-0.25, -0.2) is 4.39 Å². The first-order valence-corrected chi connectivity index (χ1v) is 6.45. The minimum Gasteiger partial charge on any atom is -0.508 e. The maximum absolute atomic E-state index is 13.2. The molecule has 0 saturated heterocycles. The quantitative estimate of drug-likeness (QED) is 0.881. The number of nitrogens with one attached hydrogen (secondary N) is 1. The van der Waals surface area contributed by atoms with Gasteiger partial charge in [0.05, 0.1) is 6.04 Å². The van der Waals surface area contributed by atoms with Crippen molar-refractivity contribution >= 4 is 5.69 Å². The molecule has 0 aliphatic rings. The van der Waals surface area contributed by atoms with Crippen LogP contribution in [0.25, 0.3) is 0 Å². The van der Waals surface area contributed by atoms with Gasteiger partial charge >= 0.3 is 0 Å². The lowest BCUT2D eigenvalue weighted by atomic mass is 10.1. The molecule has 21 heavy (non-hydrogen) atoms. The Bertz CT molecular complexity index is 650. The SMILES string of the molecule is CC(Nc1ccc(OCC#N)cc1)c1cc(F)ccc1O. The highest BCUT2D eigenvalue weighted by atomic mass is 19.1. The van der Waals surface area contributed by atoms with Crippen molar-refractivity contribution in [2.75, 3.05) is 11.9 Å². The molecule has 2 aromatic carbocycles. The van der Waals surface area contributed by atoms with Gasteiger partial charge in [0.1, 0.15) is 23.4 Å². The van der Waals surface area contributed by atoms with Gasteiger partial charge in [-0.15, -0.1) is 0 Å². The maximum Gasteiger partial charge on any atom is 0.174 e. The first-order valence-electron chi connectivity index (χ1n) is 6.45. The summed E-state index contributed by atoms with van der Waals surface area (Å²) in [4.78, 5) is 0. The van der Waals surface area contributed by atoms with Crippen LogP contribution >= 0.6 is 0 Å². The fourth-order valence-corrected chi connectivity index (χ4v) is 1.96. The Balaban J connectivity index is 2.07. The molecule has 0 radical (unpaired) electrons. The number of benzene rings is 2. The minimum atomic E-state index is -0.392. The molecule has 5 heteroatoms. The Morgan fingerprint density at radius 2 is 2.00 bits per heavy atom. The van der Waals surface area contributed by atoms with E-state index in [4.69, 9.17) is 10.00 Å². The highest BCUT2D eigenvalue weighted by molar-refractivity contribution is 5.49. The summed E-state index contributed by atoms with van der Waals surface area (Å²) in [6, 6.07) is 12.5. The molecule has 0 bridgehead atoms. The molecule has 0 fully saturated rings. The third-order valence-corrected chi connectivity index (χ3v) is 3.00. The number of ether oxygens (including phenoxy) is 1. The first kappa shape index (κ1) is 14.7. The second-order valence-electron chi connectivity index (χ2n) is 4.54. The Hall–Kier alpha value is -2.74. The van der Waals surface area contributed by atoms with Crippen molar-refractivity contribution in [3.8, 4) is 17.6 Å². The van der Waals surface area contributed by atoms with Gasteiger partial charge in [0.25, 0.3) is 0 Å². The molecule has 0 spiro atoms. The standard InChI is InChI=1S/C16H15FN2O2/c1-11(15-10-12(17)2-7-16(15)20)19-13-3-5-14(6-4-13)21-9-8-18/h2-7,10-11,19-20H,9H2,1H3. The van der Waals surface area contributed by atoms with Crippen LogP contribution < -0.4 is 10.1 Å². The van der Waals surface area contributed by atoms with Crippen LogP contribution in [0.4, 0.5) is 10.1 Å². The second-order valence-corrected chi connectivity index (χ2v) is 4.54. The van der Waals surface area contributed by atoms with E-state index in [-0.39, 0.29) is 18.4 Å². The number of nitrogens with zero attached hydrogens (tertiary/aromatic N) is 1. The van der Waals surface area contributed by atoms with E-state index >= 15 is 0 Å². The molecule has 2 N–H and O–H groups in total. The van der Waals surface area contributed by atoms with E-state index < -0.39 is 5.82 Å². The van der Waals surface area contributed by atoms with Crippen molar-refractivity contribution in [3.63, 3.8) is 0 Å². The number of phenolic OH excluding ortho intramolecular Hbond substituents is 1. The van der Waals surface area contributed by atoms with Gasteiger partial charge in [0.2, 0.25) is 0 Å². The molecule has 1 atom stereocenters. The molecule has 1 unspecified atom stereocenters. The van der Waals surface area contributed by atoms with E-state index in [1.54, 1.807) is 24.3 Å². The summed E-state index contributed by atoms with van der Waals surface area (Å²) in [5.74, 6) is 0.255. The predicted octanol–water partition coefficient (Wildman–Crippen LogP) is 3.61. The highest BCUT2D eigenvalue weighted by Gasteiger charge is 2.11. The van der Waals surface area contributed by atoms with Crippen LogP contribution in [0.3, 0.4) is 0 Å². The smallest absolute Gasteiger partial charge is 0.174 e. The fraction of sp³-hybridized carbons (Fsp3) is 0.188. The van der Waals surface area contributed by atoms with Crippen molar-refractivity contribution in [2.45, 2.75) is 13.0 Å². The molecule has 2 aromatic rings. The van der Waals surface area contributed by atoms with Crippen molar-refractivity contribution in [1.82, 2.24) is 0 Å². The van der Waals surface area contributed by atoms with Gasteiger partial charge < -0.3 is 15.2 Å². The van der Waals surface area contributed by atoms with E-state index in [9.17, 15) is 9.50 Å². The van der Waals surface area contributed by atoms with Crippen molar-refractivity contribution in [1.29, 1.82) is 5.26 Å². The van der Waals surface area contributed by atoms with Gasteiger partial charge in [0.15, 0.2) is 6.61 Å². The number of aromatic hydroxyl groups is 1. The van der Waals surface area contributed by atoms with E-state index in [1.807, 2.05) is 13.0 Å². The van der Waals surface area contributed by atoms with Gasteiger partial charge in [0, 0.05) is 11.3 Å². The second kappa shape index (κ2) is 6.62. The summed E-state index contributed by atoms with van der Waals surface area (Å²) >= 11 is 0. The van der Waals surface area contributed by atoms with Crippen LogP contribution in [0.2, 0.25) is 0 Å². The Kier molecular flexibility index (Phi) is 4.62. The monoisotopic (exact) mass is 286 g/mol. The molecular weight excluding hydrogens is 271 g/mol. The number of nitriles is 1. The normalized spacial score (nSPS) is 11.5. The zero-order valence-electron chi connectivity index (χ0n) is 11.5. The number of hydrogen-bond donors (Lipinski definition) is 2. The average molecular weight is 286 g/mol. The van der Waals surface area contributed by atoms with Crippen LogP contribution in [-0.4, -0.2) is 11.7 Å². The summed E-state index contributed by atoms with van der Waals surface area (Å²) < 4.78 is 18.4. The topological polar surface area (TPSA) is 65.3 Å². The molecule has 0 amide bonds. The number of halogens is 1. The summed E-state index contributed by atoms with van der Waals surface area (Å²) in [5.41, 5.74) is 1.29. The van der Waals surface area contributed by atoms with Crippen molar-refractivity contribution in [2.24, 2.45) is 0 Å². The maximum atomic E-state index is 13.2. The fourth-order valence-electron chi connectivity index (χ4n) is 1.96. The molecule has 4 nitrogen and oxygen atoms in total. The Morgan fingerprint density at radius 3 is 2.67 bits per heavy atom. The number of hydrogen-bond acceptors (Lipinski definition) is 4. The molecule has 0 saturated carbocycles. The van der Waals surface area contributed by atoms with E-state index in [0.717, 1.165) is 5.69 Å². The highest BCUT2D eigenvalue weighted by Crippen LogP contribution is 2.28. The number of anilines is 1. The third kappa shape index (κ3) is 3.86. The van der Waals surface area contributed by atoms with Gasteiger partial charge in [-0.2, -0.15) is 5.26 Å². The molecule has 0 aliphatic heterocycles. The van der Waals surface area contributed by atoms with E-state index in [0.29, 0.717) is 11.3 Å². The predicted molar refractivity (Wildman–Crippen MR) is 77.7 cm³/mol. The zero-order chi connectivity index (χ0) is 15.2. The molecular formula is C16H15FN2O2. The molecule has 0 aliphatic carbocycles. The van der Waals surface area contributed by atoms with Crippen LogP contribution in [0.1, 0.15) is 18.5 Å². The van der Waals surface area contributed by atoms with Crippen LogP contribution in [0, 0.1) is 17.1 Å². The molecule has 0 aromatic heterocycles. The summed E-state index contributed by atoms with van der Waals surface area (Å²) in [5, 5.41) is 21.4. The molecule has 0 heterocycles. The minimum absolute atomic E-state index is 0.000340. The Morgan fingerprint density at radius 1 is 1.29 bits per heavy atom. The average Bonchev–Trinajstić information content (AvgIpc) is 2.49. The lowest BCUT2D eigenvalue weighted by molar-refractivity contribution is 0.368. The van der Waals surface area contributed by atoms with Crippen LogP contribution in [0.15, 0.2) is 42.5 Å². The van der Waals surface area contributed by atoms with Gasteiger partial charge in [-0.1, -0.05) is 0 Å². The van der Waals surface area contributed by atoms with Crippen molar-refractivity contribution < 1.29 is 14.2 Å². The van der Waals surface area contributed by atoms with Crippen LogP contribution in [-0.2, 0) is 0 Å². The number of phenols is 1. The van der Waals surface area contributed by atoms with Gasteiger partial charge in [-0.3, -0.25) is 0 Å².